The predicted octanol–water partition coefficient (Wildman–Crippen LogP) is 2.41. The number of aromatic amines is 1. The summed E-state index contributed by atoms with van der Waals surface area (Å²) in [4.78, 5) is 7.84. The highest BCUT2D eigenvalue weighted by Gasteiger charge is 2.14. The van der Waals surface area contributed by atoms with Gasteiger partial charge in [0.05, 0.1) is 12.3 Å². The molecular formula is C15H17N3O. The quantitative estimate of drug-likeness (QED) is 0.755. The van der Waals surface area contributed by atoms with E-state index in [4.69, 9.17) is 5.11 Å². The lowest BCUT2D eigenvalue weighted by Crippen LogP contribution is -1.92. The number of benzene rings is 1. The summed E-state index contributed by atoms with van der Waals surface area (Å²) in [6, 6.07) is 8.31. The molecular weight excluding hydrogens is 238 g/mol. The maximum Gasteiger partial charge on any atom is 0.109 e. The van der Waals surface area contributed by atoms with Crippen molar-refractivity contribution in [2.24, 2.45) is 7.05 Å². The lowest BCUT2D eigenvalue weighted by molar-refractivity contribution is 0.297. The number of rotatable bonds is 3. The lowest BCUT2D eigenvalue weighted by atomic mass is 10.1. The van der Waals surface area contributed by atoms with E-state index in [1.54, 1.807) is 0 Å². The first-order chi connectivity index (χ1) is 9.20. The second kappa shape index (κ2) is 4.55. The topological polar surface area (TPSA) is 53.8 Å². The fourth-order valence-electron chi connectivity index (χ4n) is 2.54. The largest absolute Gasteiger partial charge is 0.396 e. The Bertz CT molecular complexity index is 724. The molecule has 4 heteroatoms. The van der Waals surface area contributed by atoms with Crippen LogP contribution in [0.15, 0.2) is 30.5 Å². The molecule has 0 radical (unpaired) electrons. The highest BCUT2D eigenvalue weighted by Crippen LogP contribution is 2.30. The summed E-state index contributed by atoms with van der Waals surface area (Å²) < 4.78 is 2.12. The second-order valence-corrected chi connectivity index (χ2v) is 4.80. The SMILES string of the molecule is Cc1[nH]c(CCO)nc1-c1cn(C)c2ccccc12. The van der Waals surface area contributed by atoms with Gasteiger partial charge in [0.25, 0.3) is 0 Å². The molecule has 0 bridgehead atoms. The lowest BCUT2D eigenvalue weighted by Gasteiger charge is -1.96. The number of hydrogen-bond donors (Lipinski definition) is 2. The molecule has 0 saturated heterocycles. The maximum atomic E-state index is 9.00. The molecule has 0 amide bonds. The van der Waals surface area contributed by atoms with Crippen LogP contribution in [0, 0.1) is 6.92 Å². The number of hydrogen-bond acceptors (Lipinski definition) is 2. The Morgan fingerprint density at radius 2 is 2.11 bits per heavy atom. The van der Waals surface area contributed by atoms with Crippen LogP contribution in [0.5, 0.6) is 0 Å². The zero-order valence-corrected chi connectivity index (χ0v) is 11.1. The van der Waals surface area contributed by atoms with Crippen LogP contribution in [-0.4, -0.2) is 26.2 Å². The van der Waals surface area contributed by atoms with Gasteiger partial charge >= 0.3 is 0 Å². The van der Waals surface area contributed by atoms with Gasteiger partial charge in [-0.05, 0) is 13.0 Å². The van der Waals surface area contributed by atoms with Gasteiger partial charge in [0, 0.05) is 41.8 Å². The van der Waals surface area contributed by atoms with Crippen molar-refractivity contribution in [3.63, 3.8) is 0 Å². The zero-order valence-electron chi connectivity index (χ0n) is 11.1. The Hall–Kier alpha value is -2.07. The molecule has 0 spiro atoms. The molecule has 0 unspecified atom stereocenters. The molecule has 0 aliphatic heterocycles. The molecule has 0 saturated carbocycles. The number of aliphatic hydroxyl groups is 1. The summed E-state index contributed by atoms with van der Waals surface area (Å²) in [5.41, 5.74) is 4.35. The molecule has 2 N–H and O–H groups in total. The van der Waals surface area contributed by atoms with Gasteiger partial charge in [-0.25, -0.2) is 4.98 Å². The first-order valence-corrected chi connectivity index (χ1v) is 6.41. The van der Waals surface area contributed by atoms with Crippen molar-refractivity contribution in [2.45, 2.75) is 13.3 Å². The summed E-state index contributed by atoms with van der Waals surface area (Å²) in [6.07, 6.45) is 2.67. The molecule has 0 fully saturated rings. The van der Waals surface area contributed by atoms with Crippen LogP contribution in [0.2, 0.25) is 0 Å². The normalized spacial score (nSPS) is 11.3. The van der Waals surface area contributed by atoms with Crippen LogP contribution in [0.25, 0.3) is 22.2 Å². The highest BCUT2D eigenvalue weighted by molar-refractivity contribution is 5.95. The number of imidazole rings is 1. The van der Waals surface area contributed by atoms with E-state index in [-0.39, 0.29) is 6.61 Å². The van der Waals surface area contributed by atoms with Crippen molar-refractivity contribution in [1.29, 1.82) is 0 Å². The fraction of sp³-hybridized carbons (Fsp3) is 0.267. The van der Waals surface area contributed by atoms with Gasteiger partial charge in [0.15, 0.2) is 0 Å². The van der Waals surface area contributed by atoms with Crippen LogP contribution < -0.4 is 0 Å². The van der Waals surface area contributed by atoms with Crippen LogP contribution in [0.4, 0.5) is 0 Å². The number of aliphatic hydroxyl groups excluding tert-OH is 1. The monoisotopic (exact) mass is 255 g/mol. The van der Waals surface area contributed by atoms with Gasteiger partial charge in [-0.1, -0.05) is 18.2 Å². The Labute approximate surface area is 111 Å². The maximum absolute atomic E-state index is 9.00. The third-order valence-electron chi connectivity index (χ3n) is 3.43. The van der Waals surface area contributed by atoms with Gasteiger partial charge in [0.1, 0.15) is 5.82 Å². The van der Waals surface area contributed by atoms with E-state index in [9.17, 15) is 0 Å². The number of aromatic nitrogens is 3. The number of fused-ring (bicyclic) bond motifs is 1. The van der Waals surface area contributed by atoms with E-state index in [0.29, 0.717) is 6.42 Å². The molecule has 1 aromatic carbocycles. The second-order valence-electron chi connectivity index (χ2n) is 4.80. The van der Waals surface area contributed by atoms with E-state index in [1.807, 2.05) is 26.1 Å². The first kappa shape index (κ1) is 12.0. The summed E-state index contributed by atoms with van der Waals surface area (Å²) in [6.45, 7) is 2.13. The molecule has 3 aromatic rings. The number of nitrogens with zero attached hydrogens (tertiary/aromatic N) is 2. The van der Waals surface area contributed by atoms with Crippen LogP contribution in [0.1, 0.15) is 11.5 Å². The van der Waals surface area contributed by atoms with Crippen molar-refractivity contribution in [1.82, 2.24) is 14.5 Å². The van der Waals surface area contributed by atoms with Crippen molar-refractivity contribution in [3.8, 4) is 11.3 Å². The van der Waals surface area contributed by atoms with Crippen LogP contribution in [-0.2, 0) is 13.5 Å². The molecule has 2 aromatic heterocycles. The summed E-state index contributed by atoms with van der Waals surface area (Å²) in [5.74, 6) is 0.836. The third kappa shape index (κ3) is 1.94. The standard InChI is InChI=1S/C15H17N3O/c1-10-15(17-14(16-10)7-8-19)12-9-18(2)13-6-4-3-5-11(12)13/h3-6,9,19H,7-8H2,1-2H3,(H,16,17). The molecule has 98 valence electrons. The smallest absolute Gasteiger partial charge is 0.109 e. The van der Waals surface area contributed by atoms with Crippen molar-refractivity contribution in [3.05, 3.63) is 42.0 Å². The van der Waals surface area contributed by atoms with E-state index in [0.717, 1.165) is 22.8 Å². The average molecular weight is 255 g/mol. The van der Waals surface area contributed by atoms with Gasteiger partial charge in [-0.3, -0.25) is 0 Å². The number of nitrogens with one attached hydrogen (secondary N) is 1. The van der Waals surface area contributed by atoms with Crippen molar-refractivity contribution >= 4 is 10.9 Å². The third-order valence-corrected chi connectivity index (χ3v) is 3.43. The molecule has 2 heterocycles. The molecule has 3 rings (SSSR count). The number of aryl methyl sites for hydroxylation is 2. The van der Waals surface area contributed by atoms with Crippen molar-refractivity contribution in [2.75, 3.05) is 6.61 Å². The molecule has 0 atom stereocenters. The molecule has 0 aliphatic rings. The van der Waals surface area contributed by atoms with Crippen LogP contribution in [0.3, 0.4) is 0 Å². The minimum atomic E-state index is 0.113. The zero-order chi connectivity index (χ0) is 13.4. The molecule has 0 aliphatic carbocycles. The van der Waals surface area contributed by atoms with E-state index >= 15 is 0 Å². The van der Waals surface area contributed by atoms with E-state index in [1.165, 1.54) is 10.9 Å². The summed E-state index contributed by atoms with van der Waals surface area (Å²) in [7, 11) is 2.04. The Balaban J connectivity index is 2.19. The molecule has 4 nitrogen and oxygen atoms in total. The van der Waals surface area contributed by atoms with Gasteiger partial charge in [-0.2, -0.15) is 0 Å². The fourth-order valence-corrected chi connectivity index (χ4v) is 2.54. The summed E-state index contributed by atoms with van der Waals surface area (Å²) >= 11 is 0. The first-order valence-electron chi connectivity index (χ1n) is 6.41. The van der Waals surface area contributed by atoms with Gasteiger partial charge in [0.2, 0.25) is 0 Å². The van der Waals surface area contributed by atoms with Crippen molar-refractivity contribution < 1.29 is 5.11 Å². The average Bonchev–Trinajstić information content (AvgIpc) is 2.92. The van der Waals surface area contributed by atoms with E-state index in [2.05, 4.69) is 32.9 Å². The Kier molecular flexibility index (Phi) is 2.87. The van der Waals surface area contributed by atoms with E-state index < -0.39 is 0 Å². The van der Waals surface area contributed by atoms with Gasteiger partial charge < -0.3 is 14.7 Å². The predicted molar refractivity (Wildman–Crippen MR) is 76.0 cm³/mol. The minimum absolute atomic E-state index is 0.113. The van der Waals surface area contributed by atoms with Crippen LogP contribution >= 0.6 is 0 Å². The van der Waals surface area contributed by atoms with Gasteiger partial charge in [-0.15, -0.1) is 0 Å². The Morgan fingerprint density at radius 3 is 2.89 bits per heavy atom. The minimum Gasteiger partial charge on any atom is -0.396 e. The summed E-state index contributed by atoms with van der Waals surface area (Å²) in [5, 5.41) is 10.2. The number of H-pyrrole nitrogens is 1. The highest BCUT2D eigenvalue weighted by atomic mass is 16.3. The molecule has 19 heavy (non-hydrogen) atoms. The number of para-hydroxylation sites is 1. The Morgan fingerprint density at radius 1 is 1.32 bits per heavy atom.